The molecule has 2 aliphatic rings. The number of likely N-dealkylation sites (tertiary alicyclic amines) is 1. The summed E-state index contributed by atoms with van der Waals surface area (Å²) >= 11 is 0. The summed E-state index contributed by atoms with van der Waals surface area (Å²) in [6.07, 6.45) is 7.42. The maximum Gasteiger partial charge on any atom is 0.191 e. The van der Waals surface area contributed by atoms with E-state index >= 15 is 0 Å². The predicted octanol–water partition coefficient (Wildman–Crippen LogP) is 2.13. The van der Waals surface area contributed by atoms with Crippen molar-refractivity contribution in [3.8, 4) is 11.5 Å². The molecule has 1 unspecified atom stereocenters. The summed E-state index contributed by atoms with van der Waals surface area (Å²) in [6.45, 7) is 3.03. The predicted molar refractivity (Wildman–Crippen MR) is 105 cm³/mol. The van der Waals surface area contributed by atoms with E-state index in [2.05, 4.69) is 20.5 Å². The number of methoxy groups -OCH3 is 1. The Hall–Kier alpha value is -1.95. The first-order valence-corrected chi connectivity index (χ1v) is 9.76. The van der Waals surface area contributed by atoms with E-state index in [4.69, 9.17) is 4.74 Å². The van der Waals surface area contributed by atoms with Crippen LogP contribution >= 0.6 is 0 Å². The lowest BCUT2D eigenvalue weighted by Gasteiger charge is -2.24. The third kappa shape index (κ3) is 4.81. The first kappa shape index (κ1) is 18.8. The second kappa shape index (κ2) is 9.12. The highest BCUT2D eigenvalue weighted by molar-refractivity contribution is 5.80. The molecule has 0 amide bonds. The smallest absolute Gasteiger partial charge is 0.191 e. The second-order valence-electron chi connectivity index (χ2n) is 7.31. The van der Waals surface area contributed by atoms with Crippen LogP contribution in [0.25, 0.3) is 0 Å². The third-order valence-electron chi connectivity index (χ3n) is 5.60. The summed E-state index contributed by atoms with van der Waals surface area (Å²) in [6, 6.07) is 6.70. The summed E-state index contributed by atoms with van der Waals surface area (Å²) in [5.41, 5.74) is 0.905. The molecule has 0 aromatic heterocycles. The molecular weight excluding hydrogens is 328 g/mol. The number of ether oxygens (including phenoxy) is 1. The molecule has 3 rings (SSSR count). The van der Waals surface area contributed by atoms with Crippen molar-refractivity contribution in [1.82, 2.24) is 15.5 Å². The molecule has 1 atom stereocenters. The van der Waals surface area contributed by atoms with Crippen molar-refractivity contribution in [2.75, 3.05) is 33.8 Å². The highest BCUT2D eigenvalue weighted by Gasteiger charge is 2.30. The van der Waals surface area contributed by atoms with Crippen LogP contribution in [0.2, 0.25) is 0 Å². The van der Waals surface area contributed by atoms with Crippen LogP contribution in [0.3, 0.4) is 0 Å². The zero-order valence-electron chi connectivity index (χ0n) is 16.0. The molecule has 3 N–H and O–H groups in total. The summed E-state index contributed by atoms with van der Waals surface area (Å²) in [5, 5.41) is 17.0. The average molecular weight is 361 g/mol. The molecule has 2 fully saturated rings. The largest absolute Gasteiger partial charge is 0.508 e. The molecule has 1 saturated carbocycles. The van der Waals surface area contributed by atoms with E-state index in [0.29, 0.717) is 11.8 Å². The van der Waals surface area contributed by atoms with E-state index in [9.17, 15) is 5.11 Å². The lowest BCUT2D eigenvalue weighted by atomic mass is 10.1. The van der Waals surface area contributed by atoms with Crippen LogP contribution in [0.5, 0.6) is 11.5 Å². The standard InChI is InChI=1S/C20H32N4O2/c1-21-20(22-11-9-15-7-8-18(26-2)13-19(15)25)23-16-10-12-24(14-16)17-5-3-4-6-17/h7-8,13,16-17,25H,3-6,9-12,14H2,1-2H3,(H2,21,22,23). The molecule has 26 heavy (non-hydrogen) atoms. The van der Waals surface area contributed by atoms with Gasteiger partial charge in [0.25, 0.3) is 0 Å². The average Bonchev–Trinajstić information content (AvgIpc) is 3.33. The van der Waals surface area contributed by atoms with Crippen molar-refractivity contribution >= 4 is 5.96 Å². The number of benzene rings is 1. The van der Waals surface area contributed by atoms with Gasteiger partial charge in [-0.05, 0) is 37.3 Å². The van der Waals surface area contributed by atoms with Crippen LogP contribution in [0.1, 0.15) is 37.7 Å². The van der Waals surface area contributed by atoms with Crippen molar-refractivity contribution in [1.29, 1.82) is 0 Å². The summed E-state index contributed by atoms with van der Waals surface area (Å²) in [5.74, 6) is 1.79. The number of aliphatic imine (C=N–C) groups is 1. The highest BCUT2D eigenvalue weighted by atomic mass is 16.5. The van der Waals surface area contributed by atoms with Crippen LogP contribution in [0, 0.1) is 0 Å². The van der Waals surface area contributed by atoms with E-state index in [1.54, 1.807) is 13.2 Å². The zero-order valence-corrected chi connectivity index (χ0v) is 16.0. The van der Waals surface area contributed by atoms with Crippen LogP contribution in [-0.2, 0) is 6.42 Å². The molecule has 144 valence electrons. The van der Waals surface area contributed by atoms with Crippen LogP contribution < -0.4 is 15.4 Å². The van der Waals surface area contributed by atoms with Crippen LogP contribution in [0.4, 0.5) is 0 Å². The Balaban J connectivity index is 1.42. The van der Waals surface area contributed by atoms with Crippen molar-refractivity contribution in [2.45, 2.75) is 50.6 Å². The number of hydrogen-bond donors (Lipinski definition) is 3. The highest BCUT2D eigenvalue weighted by Crippen LogP contribution is 2.26. The van der Waals surface area contributed by atoms with Crippen molar-refractivity contribution in [3.63, 3.8) is 0 Å². The van der Waals surface area contributed by atoms with Crippen LogP contribution in [0.15, 0.2) is 23.2 Å². The Morgan fingerprint density at radius 1 is 1.31 bits per heavy atom. The molecule has 0 bridgehead atoms. The molecule has 1 aliphatic carbocycles. The molecule has 1 heterocycles. The molecule has 1 aromatic carbocycles. The fourth-order valence-electron chi connectivity index (χ4n) is 4.09. The third-order valence-corrected chi connectivity index (χ3v) is 5.60. The molecule has 1 saturated heterocycles. The quantitative estimate of drug-likeness (QED) is 0.536. The zero-order chi connectivity index (χ0) is 18.4. The normalized spacial score (nSPS) is 21.9. The Bertz CT molecular complexity index is 614. The van der Waals surface area contributed by atoms with Crippen LogP contribution in [-0.4, -0.2) is 61.8 Å². The molecular formula is C20H32N4O2. The van der Waals surface area contributed by atoms with Gasteiger partial charge in [-0.15, -0.1) is 0 Å². The number of rotatable bonds is 6. The Morgan fingerprint density at radius 3 is 2.81 bits per heavy atom. The van der Waals surface area contributed by atoms with E-state index in [0.717, 1.165) is 37.1 Å². The number of phenolic OH excluding ortho intramolecular Hbond substituents is 1. The molecule has 6 heteroatoms. The summed E-state index contributed by atoms with van der Waals surface area (Å²) < 4.78 is 5.12. The first-order valence-electron chi connectivity index (χ1n) is 9.76. The lowest BCUT2D eigenvalue weighted by molar-refractivity contribution is 0.242. The minimum atomic E-state index is 0.275. The van der Waals surface area contributed by atoms with Gasteiger partial charge in [-0.1, -0.05) is 18.9 Å². The van der Waals surface area contributed by atoms with E-state index in [1.807, 2.05) is 19.2 Å². The molecule has 1 aliphatic heterocycles. The topological polar surface area (TPSA) is 69.1 Å². The van der Waals surface area contributed by atoms with Crippen molar-refractivity contribution in [2.24, 2.45) is 4.99 Å². The van der Waals surface area contributed by atoms with E-state index < -0.39 is 0 Å². The van der Waals surface area contributed by atoms with Gasteiger partial charge in [0.15, 0.2) is 5.96 Å². The second-order valence-corrected chi connectivity index (χ2v) is 7.31. The summed E-state index contributed by atoms with van der Waals surface area (Å²) in [4.78, 5) is 6.99. The Labute approximate surface area is 156 Å². The minimum Gasteiger partial charge on any atom is -0.508 e. The van der Waals surface area contributed by atoms with Gasteiger partial charge in [-0.3, -0.25) is 9.89 Å². The fraction of sp³-hybridized carbons (Fsp3) is 0.650. The molecule has 0 radical (unpaired) electrons. The number of phenols is 1. The van der Waals surface area contributed by atoms with Gasteiger partial charge in [0.1, 0.15) is 11.5 Å². The monoisotopic (exact) mass is 360 g/mol. The van der Waals surface area contributed by atoms with Gasteiger partial charge < -0.3 is 20.5 Å². The van der Waals surface area contributed by atoms with E-state index in [1.165, 1.54) is 38.6 Å². The first-order chi connectivity index (χ1) is 12.7. The van der Waals surface area contributed by atoms with Gasteiger partial charge in [0.2, 0.25) is 0 Å². The number of nitrogens with zero attached hydrogens (tertiary/aromatic N) is 2. The molecule has 6 nitrogen and oxygen atoms in total. The van der Waals surface area contributed by atoms with Gasteiger partial charge in [0, 0.05) is 44.8 Å². The maximum atomic E-state index is 10.0. The van der Waals surface area contributed by atoms with Gasteiger partial charge in [-0.25, -0.2) is 0 Å². The number of guanidine groups is 1. The lowest BCUT2D eigenvalue weighted by Crippen LogP contribution is -2.45. The molecule has 0 spiro atoms. The maximum absolute atomic E-state index is 10.0. The SMILES string of the molecule is CN=C(NCCc1ccc(OC)cc1O)NC1CCN(C2CCCC2)C1. The summed E-state index contributed by atoms with van der Waals surface area (Å²) in [7, 11) is 3.41. The number of nitrogens with one attached hydrogen (secondary N) is 2. The van der Waals surface area contributed by atoms with Gasteiger partial charge >= 0.3 is 0 Å². The Morgan fingerprint density at radius 2 is 2.12 bits per heavy atom. The molecule has 1 aromatic rings. The number of aromatic hydroxyl groups is 1. The Kier molecular flexibility index (Phi) is 6.61. The minimum absolute atomic E-state index is 0.275. The number of hydrogen-bond acceptors (Lipinski definition) is 4. The van der Waals surface area contributed by atoms with E-state index in [-0.39, 0.29) is 5.75 Å². The van der Waals surface area contributed by atoms with Crippen molar-refractivity contribution < 1.29 is 9.84 Å². The van der Waals surface area contributed by atoms with Gasteiger partial charge in [0.05, 0.1) is 7.11 Å². The fourth-order valence-corrected chi connectivity index (χ4v) is 4.09. The van der Waals surface area contributed by atoms with Crippen molar-refractivity contribution in [3.05, 3.63) is 23.8 Å². The van der Waals surface area contributed by atoms with Gasteiger partial charge in [-0.2, -0.15) is 0 Å².